The van der Waals surface area contributed by atoms with Crippen molar-refractivity contribution in [2.24, 2.45) is 7.05 Å². The highest BCUT2D eigenvalue weighted by Crippen LogP contribution is 2.28. The number of hydrogen-bond donors (Lipinski definition) is 0. The summed E-state index contributed by atoms with van der Waals surface area (Å²) in [7, 11) is 3.53. The molecule has 152 valence electrons. The van der Waals surface area contributed by atoms with Crippen molar-refractivity contribution in [2.45, 2.75) is 20.2 Å². The number of nitro groups is 1. The molecule has 0 N–H and O–H groups in total. The number of nitrogens with zero attached hydrogens (tertiary/aromatic N) is 6. The van der Waals surface area contributed by atoms with E-state index in [9.17, 15) is 14.9 Å². The van der Waals surface area contributed by atoms with E-state index in [-0.39, 0.29) is 34.8 Å². The van der Waals surface area contributed by atoms with E-state index in [0.717, 1.165) is 11.3 Å². The van der Waals surface area contributed by atoms with Gasteiger partial charge in [0.25, 0.3) is 11.6 Å². The van der Waals surface area contributed by atoms with Crippen LogP contribution in [-0.4, -0.2) is 42.3 Å². The Bertz CT molecular complexity index is 1060. The summed E-state index contributed by atoms with van der Waals surface area (Å²) in [5, 5.41) is 19.4. The third kappa shape index (κ3) is 4.72. The summed E-state index contributed by atoms with van der Waals surface area (Å²) in [4.78, 5) is 24.4. The fraction of sp³-hybridized carbons (Fsp3) is 0.278. The Hall–Kier alpha value is -3.40. The molecule has 3 aromatic rings. The number of amides is 1. The minimum atomic E-state index is -0.537. The Labute approximate surface area is 171 Å². The Kier molecular flexibility index (Phi) is 5.83. The molecule has 2 aromatic heterocycles. The molecule has 1 amide bonds. The van der Waals surface area contributed by atoms with Gasteiger partial charge in [0, 0.05) is 50.7 Å². The second-order valence-electron chi connectivity index (χ2n) is 6.46. The molecule has 10 nitrogen and oxygen atoms in total. The molecule has 29 heavy (non-hydrogen) atoms. The highest BCUT2D eigenvalue weighted by molar-refractivity contribution is 6.32. The van der Waals surface area contributed by atoms with E-state index in [4.69, 9.17) is 16.3 Å². The van der Waals surface area contributed by atoms with Crippen LogP contribution in [0.25, 0.3) is 0 Å². The SMILES string of the molecule is Cc1nn(C)cc1CN(C)C(=O)c1ccn(COc2ccc([N+](=O)[O-])cc2Cl)n1. The van der Waals surface area contributed by atoms with Crippen molar-refractivity contribution in [2.75, 3.05) is 7.05 Å². The molecule has 0 saturated carbocycles. The normalized spacial score (nSPS) is 10.8. The van der Waals surface area contributed by atoms with Crippen molar-refractivity contribution >= 4 is 23.2 Å². The summed E-state index contributed by atoms with van der Waals surface area (Å²) >= 11 is 6.00. The van der Waals surface area contributed by atoms with Crippen LogP contribution in [0.15, 0.2) is 36.7 Å². The number of halogens is 1. The lowest BCUT2D eigenvalue weighted by atomic mass is 10.2. The maximum absolute atomic E-state index is 12.6. The van der Waals surface area contributed by atoms with E-state index in [2.05, 4.69) is 10.2 Å². The van der Waals surface area contributed by atoms with Gasteiger partial charge in [-0.3, -0.25) is 19.6 Å². The number of nitro benzene ring substituents is 1. The molecule has 0 bridgehead atoms. The van der Waals surface area contributed by atoms with Gasteiger partial charge in [-0.25, -0.2) is 4.68 Å². The van der Waals surface area contributed by atoms with Gasteiger partial charge in [0.05, 0.1) is 15.6 Å². The zero-order valence-corrected chi connectivity index (χ0v) is 16.8. The molecule has 0 atom stereocenters. The predicted molar refractivity (Wildman–Crippen MR) is 105 cm³/mol. The first-order valence-electron chi connectivity index (χ1n) is 8.59. The van der Waals surface area contributed by atoms with Gasteiger partial charge in [-0.2, -0.15) is 10.2 Å². The number of carbonyl (C=O) groups excluding carboxylic acids is 1. The summed E-state index contributed by atoms with van der Waals surface area (Å²) in [5.41, 5.74) is 1.97. The van der Waals surface area contributed by atoms with Gasteiger partial charge < -0.3 is 9.64 Å². The Morgan fingerprint density at radius 3 is 2.72 bits per heavy atom. The number of hydrogen-bond acceptors (Lipinski definition) is 6. The summed E-state index contributed by atoms with van der Waals surface area (Å²) in [6.45, 7) is 2.31. The smallest absolute Gasteiger partial charge is 0.274 e. The maximum atomic E-state index is 12.6. The molecule has 1 aromatic carbocycles. The second-order valence-corrected chi connectivity index (χ2v) is 6.87. The number of non-ortho nitro benzene ring substituents is 1. The molecule has 0 saturated heterocycles. The van der Waals surface area contributed by atoms with E-state index in [1.165, 1.54) is 22.9 Å². The lowest BCUT2D eigenvalue weighted by Gasteiger charge is -2.15. The Morgan fingerprint density at radius 1 is 1.34 bits per heavy atom. The predicted octanol–water partition coefficient (Wildman–Crippen LogP) is 2.80. The molecule has 0 fully saturated rings. The first kappa shape index (κ1) is 20.3. The van der Waals surface area contributed by atoms with Crippen LogP contribution in [-0.2, 0) is 20.3 Å². The van der Waals surface area contributed by atoms with Crippen LogP contribution < -0.4 is 4.74 Å². The first-order chi connectivity index (χ1) is 13.7. The molecule has 3 rings (SSSR count). The Balaban J connectivity index is 1.62. The summed E-state index contributed by atoms with van der Waals surface area (Å²) < 4.78 is 8.68. The van der Waals surface area contributed by atoms with Gasteiger partial charge in [0.1, 0.15) is 5.75 Å². The van der Waals surface area contributed by atoms with Crippen LogP contribution in [0.4, 0.5) is 5.69 Å². The highest BCUT2D eigenvalue weighted by atomic mass is 35.5. The number of ether oxygens (including phenoxy) is 1. The van der Waals surface area contributed by atoms with Gasteiger partial charge in [-0.15, -0.1) is 0 Å². The Morgan fingerprint density at radius 2 is 2.10 bits per heavy atom. The number of aryl methyl sites for hydroxylation is 2. The van der Waals surface area contributed by atoms with Crippen LogP contribution in [0.2, 0.25) is 5.02 Å². The fourth-order valence-electron chi connectivity index (χ4n) is 2.73. The van der Waals surface area contributed by atoms with E-state index < -0.39 is 4.92 Å². The van der Waals surface area contributed by atoms with Crippen molar-refractivity contribution in [3.8, 4) is 5.75 Å². The molecule has 0 aliphatic heterocycles. The minimum Gasteiger partial charge on any atom is -0.470 e. The maximum Gasteiger partial charge on any atom is 0.274 e. The molecule has 0 spiro atoms. The van der Waals surface area contributed by atoms with Crippen LogP contribution in [0, 0.1) is 17.0 Å². The third-order valence-electron chi connectivity index (χ3n) is 4.21. The monoisotopic (exact) mass is 418 g/mol. The third-order valence-corrected chi connectivity index (χ3v) is 4.50. The number of carbonyl (C=O) groups is 1. The van der Waals surface area contributed by atoms with E-state index in [0.29, 0.717) is 6.54 Å². The summed E-state index contributed by atoms with van der Waals surface area (Å²) in [6.07, 6.45) is 3.48. The molecule has 0 aliphatic rings. The fourth-order valence-corrected chi connectivity index (χ4v) is 2.96. The standard InChI is InChI=1S/C18H19ClN6O4/c1-12-13(10-23(3)20-12)9-22(2)18(26)16-6-7-24(21-16)11-29-17-5-4-14(25(27)28)8-15(17)19/h4-8,10H,9,11H2,1-3H3. The van der Waals surface area contributed by atoms with Crippen LogP contribution >= 0.6 is 11.6 Å². The number of rotatable bonds is 7. The van der Waals surface area contributed by atoms with Gasteiger partial charge in [-0.05, 0) is 19.1 Å². The van der Waals surface area contributed by atoms with Crippen molar-refractivity contribution in [1.82, 2.24) is 24.5 Å². The van der Waals surface area contributed by atoms with Crippen LogP contribution in [0.1, 0.15) is 21.7 Å². The first-order valence-corrected chi connectivity index (χ1v) is 8.97. The van der Waals surface area contributed by atoms with Gasteiger partial charge in [0.2, 0.25) is 0 Å². The number of benzene rings is 1. The number of aromatic nitrogens is 4. The molecular formula is C18H19ClN6O4. The van der Waals surface area contributed by atoms with E-state index >= 15 is 0 Å². The lowest BCUT2D eigenvalue weighted by molar-refractivity contribution is -0.384. The van der Waals surface area contributed by atoms with Crippen molar-refractivity contribution < 1.29 is 14.5 Å². The van der Waals surface area contributed by atoms with Gasteiger partial charge >= 0.3 is 0 Å². The molecule has 0 radical (unpaired) electrons. The van der Waals surface area contributed by atoms with Crippen LogP contribution in [0.3, 0.4) is 0 Å². The van der Waals surface area contributed by atoms with Gasteiger partial charge in [0.15, 0.2) is 12.4 Å². The van der Waals surface area contributed by atoms with E-state index in [1.807, 2.05) is 20.2 Å². The van der Waals surface area contributed by atoms with Crippen LogP contribution in [0.5, 0.6) is 5.75 Å². The second kappa shape index (κ2) is 8.31. The zero-order chi connectivity index (χ0) is 21.1. The molecule has 0 aliphatic carbocycles. The molecule has 0 unspecified atom stereocenters. The average Bonchev–Trinajstić information content (AvgIpc) is 3.26. The largest absolute Gasteiger partial charge is 0.470 e. The van der Waals surface area contributed by atoms with E-state index in [1.54, 1.807) is 28.9 Å². The summed E-state index contributed by atoms with van der Waals surface area (Å²) in [5.74, 6) is 0.0465. The van der Waals surface area contributed by atoms with Crippen molar-refractivity contribution in [3.05, 3.63) is 68.7 Å². The molecular weight excluding hydrogens is 400 g/mol. The van der Waals surface area contributed by atoms with Crippen molar-refractivity contribution in [3.63, 3.8) is 0 Å². The molecule has 11 heteroatoms. The molecule has 2 heterocycles. The highest BCUT2D eigenvalue weighted by Gasteiger charge is 2.17. The topological polar surface area (TPSA) is 108 Å². The quantitative estimate of drug-likeness (QED) is 0.431. The van der Waals surface area contributed by atoms with Gasteiger partial charge in [-0.1, -0.05) is 11.6 Å². The summed E-state index contributed by atoms with van der Waals surface area (Å²) in [6, 6.07) is 5.52. The average molecular weight is 419 g/mol. The van der Waals surface area contributed by atoms with Crippen molar-refractivity contribution in [1.29, 1.82) is 0 Å². The zero-order valence-electron chi connectivity index (χ0n) is 16.1. The minimum absolute atomic E-state index is 0.00373. The lowest BCUT2D eigenvalue weighted by Crippen LogP contribution is -2.27.